The number of nitrogens with one attached hydrogen (secondary N) is 3. The van der Waals surface area contributed by atoms with Gasteiger partial charge in [-0.1, -0.05) is 30.7 Å². The monoisotopic (exact) mass is 369 g/mol. The molecule has 2 amide bonds. The lowest BCUT2D eigenvalue weighted by Gasteiger charge is -2.40. The topological polar surface area (TPSA) is 59.6 Å². The van der Waals surface area contributed by atoms with Gasteiger partial charge in [0.15, 0.2) is 0 Å². The Balaban J connectivity index is 1.13. The van der Waals surface area contributed by atoms with E-state index in [4.69, 9.17) is 0 Å². The fraction of sp³-hybridized carbons (Fsp3) is 0.667. The summed E-state index contributed by atoms with van der Waals surface area (Å²) in [5.74, 6) is 0.657. The molecule has 1 saturated carbocycles. The summed E-state index contributed by atoms with van der Waals surface area (Å²) in [6.45, 7) is 4.68. The van der Waals surface area contributed by atoms with E-state index in [-0.39, 0.29) is 12.1 Å². The largest absolute Gasteiger partial charge is 0.334 e. The number of piperazine rings is 1. The van der Waals surface area contributed by atoms with Crippen molar-refractivity contribution in [2.24, 2.45) is 5.92 Å². The second-order valence-corrected chi connectivity index (χ2v) is 8.65. The number of carbonyl (C=O) groups is 1. The third-order valence-electron chi connectivity index (χ3n) is 7.12. The van der Waals surface area contributed by atoms with Crippen LogP contribution in [0.2, 0.25) is 0 Å². The maximum Gasteiger partial charge on any atom is 0.317 e. The first kappa shape index (κ1) is 17.5. The van der Waals surface area contributed by atoms with E-state index < -0.39 is 0 Å². The lowest BCUT2D eigenvalue weighted by molar-refractivity contribution is 0.107. The second-order valence-electron chi connectivity index (χ2n) is 8.65. The minimum absolute atomic E-state index is 0.128. The number of fused-ring (bicyclic) bond motifs is 2. The van der Waals surface area contributed by atoms with Crippen molar-refractivity contribution in [3.05, 3.63) is 35.4 Å². The van der Waals surface area contributed by atoms with Crippen LogP contribution in [0.4, 0.5) is 4.79 Å². The van der Waals surface area contributed by atoms with Gasteiger partial charge in [-0.05, 0) is 42.7 Å². The summed E-state index contributed by atoms with van der Waals surface area (Å²) >= 11 is 0. The Bertz CT molecular complexity index is 662. The van der Waals surface area contributed by atoms with Crippen LogP contribution >= 0.6 is 0 Å². The average molecular weight is 370 g/mol. The molecule has 3 fully saturated rings. The van der Waals surface area contributed by atoms with Crippen LogP contribution < -0.4 is 16.2 Å². The van der Waals surface area contributed by atoms with Gasteiger partial charge in [-0.3, -0.25) is 15.8 Å². The third-order valence-corrected chi connectivity index (χ3v) is 7.12. The summed E-state index contributed by atoms with van der Waals surface area (Å²) in [6, 6.07) is 10.2. The summed E-state index contributed by atoms with van der Waals surface area (Å²) in [4.78, 5) is 17.4. The smallest absolute Gasteiger partial charge is 0.317 e. The number of benzene rings is 1. The van der Waals surface area contributed by atoms with Crippen LogP contribution in [0, 0.1) is 5.92 Å². The molecular formula is C21H31N5O. The van der Waals surface area contributed by atoms with Crippen molar-refractivity contribution in [3.63, 3.8) is 0 Å². The Kier molecular flexibility index (Phi) is 4.80. The number of hydrogen-bond donors (Lipinski definition) is 3. The summed E-state index contributed by atoms with van der Waals surface area (Å²) < 4.78 is 0. The van der Waals surface area contributed by atoms with Gasteiger partial charge in [0, 0.05) is 50.8 Å². The molecule has 2 aliphatic carbocycles. The molecule has 27 heavy (non-hydrogen) atoms. The Hall–Kier alpha value is -1.63. The van der Waals surface area contributed by atoms with Crippen molar-refractivity contribution in [2.45, 2.75) is 50.2 Å². The van der Waals surface area contributed by atoms with E-state index >= 15 is 0 Å². The first-order valence-electron chi connectivity index (χ1n) is 10.6. The van der Waals surface area contributed by atoms with Gasteiger partial charge in [-0.25, -0.2) is 4.79 Å². The van der Waals surface area contributed by atoms with Crippen LogP contribution in [-0.2, 0) is 12.8 Å². The highest BCUT2D eigenvalue weighted by molar-refractivity contribution is 5.74. The van der Waals surface area contributed by atoms with Gasteiger partial charge in [0.2, 0.25) is 0 Å². The normalized spacial score (nSPS) is 31.6. The van der Waals surface area contributed by atoms with E-state index in [9.17, 15) is 4.79 Å². The molecule has 2 aliphatic heterocycles. The summed E-state index contributed by atoms with van der Waals surface area (Å²) in [5, 5.41) is 3.32. The van der Waals surface area contributed by atoms with Crippen LogP contribution in [0.15, 0.2) is 24.3 Å². The van der Waals surface area contributed by atoms with Gasteiger partial charge in [0.1, 0.15) is 0 Å². The highest BCUT2D eigenvalue weighted by Crippen LogP contribution is 2.28. The van der Waals surface area contributed by atoms with Crippen molar-refractivity contribution >= 4 is 6.03 Å². The lowest BCUT2D eigenvalue weighted by Crippen LogP contribution is -2.59. The molecule has 1 aromatic rings. The molecule has 146 valence electrons. The van der Waals surface area contributed by atoms with Crippen LogP contribution in [0.25, 0.3) is 0 Å². The first-order chi connectivity index (χ1) is 13.3. The fourth-order valence-corrected chi connectivity index (χ4v) is 5.54. The van der Waals surface area contributed by atoms with Crippen molar-refractivity contribution < 1.29 is 4.79 Å². The zero-order valence-corrected chi connectivity index (χ0v) is 16.0. The lowest BCUT2D eigenvalue weighted by atomic mass is 9.82. The minimum Gasteiger partial charge on any atom is -0.334 e. The Morgan fingerprint density at radius 1 is 1.04 bits per heavy atom. The molecule has 0 aromatic heterocycles. The number of amides is 2. The molecular weight excluding hydrogens is 338 g/mol. The van der Waals surface area contributed by atoms with Gasteiger partial charge in [-0.15, -0.1) is 0 Å². The van der Waals surface area contributed by atoms with Gasteiger partial charge in [-0.2, -0.15) is 0 Å². The maximum atomic E-state index is 12.8. The molecule has 0 bridgehead atoms. The molecule has 6 heteroatoms. The number of carbonyl (C=O) groups excluding carboxylic acids is 1. The first-order valence-corrected chi connectivity index (χ1v) is 10.6. The van der Waals surface area contributed by atoms with Crippen molar-refractivity contribution in [1.29, 1.82) is 0 Å². The number of urea groups is 1. The highest BCUT2D eigenvalue weighted by atomic mass is 16.2. The SMILES string of the molecule is O=C(NC1CCCC2CNNC21)N1CCN(C2Cc3ccccc3C2)CC1. The minimum atomic E-state index is 0.128. The van der Waals surface area contributed by atoms with Crippen molar-refractivity contribution in [3.8, 4) is 0 Å². The molecule has 5 rings (SSSR count). The Morgan fingerprint density at radius 2 is 1.78 bits per heavy atom. The van der Waals surface area contributed by atoms with Gasteiger partial charge < -0.3 is 10.2 Å². The van der Waals surface area contributed by atoms with Gasteiger partial charge in [0.05, 0.1) is 0 Å². The average Bonchev–Trinajstić information content (AvgIpc) is 3.35. The maximum absolute atomic E-state index is 12.8. The zero-order chi connectivity index (χ0) is 18.2. The van der Waals surface area contributed by atoms with E-state index in [1.165, 1.54) is 24.0 Å². The molecule has 2 heterocycles. The molecule has 3 atom stereocenters. The summed E-state index contributed by atoms with van der Waals surface area (Å²) in [5.41, 5.74) is 9.66. The Labute approximate surface area is 161 Å². The number of nitrogens with zero attached hydrogens (tertiary/aromatic N) is 2. The molecule has 6 nitrogen and oxygen atoms in total. The van der Waals surface area contributed by atoms with E-state index in [1.807, 2.05) is 4.90 Å². The van der Waals surface area contributed by atoms with Crippen molar-refractivity contribution in [2.75, 3.05) is 32.7 Å². The molecule has 0 spiro atoms. The molecule has 2 saturated heterocycles. The van der Waals surface area contributed by atoms with Crippen LogP contribution in [-0.4, -0.2) is 66.7 Å². The molecule has 3 N–H and O–H groups in total. The second kappa shape index (κ2) is 7.41. The summed E-state index contributed by atoms with van der Waals surface area (Å²) in [6.07, 6.45) is 5.88. The Morgan fingerprint density at radius 3 is 2.52 bits per heavy atom. The van der Waals surface area contributed by atoms with Gasteiger partial charge >= 0.3 is 6.03 Å². The predicted octanol–water partition coefficient (Wildman–Crippen LogP) is 1.13. The molecule has 3 unspecified atom stereocenters. The summed E-state index contributed by atoms with van der Waals surface area (Å²) in [7, 11) is 0. The highest BCUT2D eigenvalue weighted by Gasteiger charge is 2.38. The van der Waals surface area contributed by atoms with E-state index in [2.05, 4.69) is 45.3 Å². The number of hydrogen-bond acceptors (Lipinski definition) is 4. The van der Waals surface area contributed by atoms with Crippen LogP contribution in [0.1, 0.15) is 30.4 Å². The number of hydrazine groups is 1. The predicted molar refractivity (Wildman–Crippen MR) is 105 cm³/mol. The van der Waals surface area contributed by atoms with Gasteiger partial charge in [0.25, 0.3) is 0 Å². The van der Waals surface area contributed by atoms with E-state index in [0.29, 0.717) is 18.0 Å². The van der Waals surface area contributed by atoms with E-state index in [0.717, 1.165) is 52.0 Å². The van der Waals surface area contributed by atoms with E-state index in [1.54, 1.807) is 0 Å². The molecule has 1 aromatic carbocycles. The number of rotatable bonds is 2. The third kappa shape index (κ3) is 3.46. The van der Waals surface area contributed by atoms with Crippen LogP contribution in [0.5, 0.6) is 0 Å². The molecule has 0 radical (unpaired) electrons. The standard InChI is InChI=1S/C21H31N5O/c27-21(23-19-7-3-6-17-14-22-24-20(17)19)26-10-8-25(9-11-26)18-12-15-4-1-2-5-16(15)13-18/h1-2,4-5,17-20,22,24H,3,6-14H2,(H,23,27). The zero-order valence-electron chi connectivity index (χ0n) is 16.0. The van der Waals surface area contributed by atoms with Crippen molar-refractivity contribution in [1.82, 2.24) is 26.0 Å². The molecule has 4 aliphatic rings. The van der Waals surface area contributed by atoms with Crippen LogP contribution in [0.3, 0.4) is 0 Å². The fourth-order valence-electron chi connectivity index (χ4n) is 5.54. The quantitative estimate of drug-likeness (QED) is 0.731.